The van der Waals surface area contributed by atoms with Crippen LogP contribution in [0.2, 0.25) is 10.0 Å². The second-order valence-corrected chi connectivity index (χ2v) is 5.30. The van der Waals surface area contributed by atoms with Gasteiger partial charge in [0.15, 0.2) is 4.77 Å². The van der Waals surface area contributed by atoms with Gasteiger partial charge in [-0.05, 0) is 24.4 Å². The summed E-state index contributed by atoms with van der Waals surface area (Å²) < 4.78 is 15.2. The van der Waals surface area contributed by atoms with Crippen molar-refractivity contribution in [1.82, 2.24) is 14.8 Å². The molecule has 0 bridgehead atoms. The Kier molecular flexibility index (Phi) is 3.75. The average Bonchev–Trinajstić information content (AvgIpc) is 2.59. The molecule has 96 valence electrons. The van der Waals surface area contributed by atoms with Crippen molar-refractivity contribution in [2.24, 2.45) is 0 Å². The minimum Gasteiger partial charge on any atom is -0.269 e. The molecule has 0 fully saturated rings. The molecular weight excluding hydrogens is 296 g/mol. The van der Waals surface area contributed by atoms with E-state index in [0.29, 0.717) is 16.3 Å². The molecule has 0 unspecified atom stereocenters. The molecule has 0 saturated heterocycles. The van der Waals surface area contributed by atoms with Crippen molar-refractivity contribution < 1.29 is 4.39 Å². The number of halogens is 3. The van der Waals surface area contributed by atoms with Crippen LogP contribution in [0.3, 0.4) is 0 Å². The topological polar surface area (TPSA) is 33.6 Å². The number of nitrogens with zero attached hydrogens (tertiary/aromatic N) is 2. The van der Waals surface area contributed by atoms with Crippen molar-refractivity contribution in [2.75, 3.05) is 0 Å². The van der Waals surface area contributed by atoms with Crippen LogP contribution in [0.4, 0.5) is 4.39 Å². The lowest BCUT2D eigenvalue weighted by Crippen LogP contribution is -2.05. The van der Waals surface area contributed by atoms with Crippen molar-refractivity contribution in [2.45, 2.75) is 19.8 Å². The van der Waals surface area contributed by atoms with E-state index < -0.39 is 5.82 Å². The fourth-order valence-corrected chi connectivity index (χ4v) is 2.52. The highest BCUT2D eigenvalue weighted by atomic mass is 35.5. The molecule has 0 aliphatic rings. The van der Waals surface area contributed by atoms with E-state index in [4.69, 9.17) is 35.4 Å². The summed E-state index contributed by atoms with van der Waals surface area (Å²) in [5.74, 6) is 0.320. The first-order chi connectivity index (χ1) is 8.41. The van der Waals surface area contributed by atoms with Gasteiger partial charge in [0.25, 0.3) is 0 Å². The Bertz CT molecular complexity index is 625. The molecule has 0 aliphatic carbocycles. The number of H-pyrrole nitrogens is 1. The molecule has 1 heterocycles. The summed E-state index contributed by atoms with van der Waals surface area (Å²) >= 11 is 17.2. The maximum atomic E-state index is 13.2. The molecule has 3 nitrogen and oxygen atoms in total. The van der Waals surface area contributed by atoms with Gasteiger partial charge in [-0.1, -0.05) is 37.0 Å². The van der Waals surface area contributed by atoms with Crippen LogP contribution in [0.15, 0.2) is 12.1 Å². The quantitative estimate of drug-likeness (QED) is 0.829. The van der Waals surface area contributed by atoms with E-state index in [1.54, 1.807) is 4.57 Å². The molecular formula is C11H10Cl2FN3S. The molecule has 1 aromatic carbocycles. The number of aromatic amines is 1. The van der Waals surface area contributed by atoms with Gasteiger partial charge in [-0.15, -0.1) is 0 Å². The van der Waals surface area contributed by atoms with Gasteiger partial charge >= 0.3 is 0 Å². The number of hydrogen-bond acceptors (Lipinski definition) is 2. The fourth-order valence-electron chi connectivity index (χ4n) is 1.66. The van der Waals surface area contributed by atoms with E-state index in [0.717, 1.165) is 0 Å². The van der Waals surface area contributed by atoms with Gasteiger partial charge in [-0.2, -0.15) is 5.10 Å². The standard InChI is InChI=1S/C11H10Cl2FN3S/c1-5(2)10-15-16-11(18)17(10)9-7(12)3-6(14)4-8(9)13/h3-5H,1-2H3,(H,16,18). The van der Waals surface area contributed by atoms with Crippen molar-refractivity contribution in [1.29, 1.82) is 0 Å². The zero-order valence-electron chi connectivity index (χ0n) is 9.67. The van der Waals surface area contributed by atoms with Crippen LogP contribution in [0.1, 0.15) is 25.6 Å². The van der Waals surface area contributed by atoms with Crippen LogP contribution in [0, 0.1) is 10.6 Å². The minimum absolute atomic E-state index is 0.120. The highest BCUT2D eigenvalue weighted by Gasteiger charge is 2.17. The maximum Gasteiger partial charge on any atom is 0.199 e. The fraction of sp³-hybridized carbons (Fsp3) is 0.273. The normalized spacial score (nSPS) is 11.2. The van der Waals surface area contributed by atoms with Crippen molar-refractivity contribution in [3.05, 3.63) is 38.6 Å². The van der Waals surface area contributed by atoms with E-state index in [9.17, 15) is 4.39 Å². The van der Waals surface area contributed by atoms with Crippen molar-refractivity contribution in [3.8, 4) is 5.69 Å². The average molecular weight is 306 g/mol. The molecule has 0 atom stereocenters. The minimum atomic E-state index is -0.491. The van der Waals surface area contributed by atoms with Crippen molar-refractivity contribution in [3.63, 3.8) is 0 Å². The molecule has 0 aliphatic heterocycles. The number of benzene rings is 1. The van der Waals surface area contributed by atoms with Crippen LogP contribution in [-0.2, 0) is 0 Å². The number of nitrogens with one attached hydrogen (secondary N) is 1. The predicted octanol–water partition coefficient (Wildman–Crippen LogP) is 4.50. The SMILES string of the molecule is CC(C)c1n[nH]c(=S)n1-c1c(Cl)cc(F)cc1Cl. The van der Waals surface area contributed by atoms with E-state index in [1.807, 2.05) is 13.8 Å². The summed E-state index contributed by atoms with van der Waals surface area (Å²) in [5, 5.41) is 7.21. The summed E-state index contributed by atoms with van der Waals surface area (Å²) in [6, 6.07) is 2.39. The maximum absolute atomic E-state index is 13.2. The Balaban J connectivity index is 2.77. The van der Waals surface area contributed by atoms with Crippen LogP contribution in [0.25, 0.3) is 5.69 Å². The van der Waals surface area contributed by atoms with Crippen LogP contribution in [0.5, 0.6) is 0 Å². The Labute approximate surface area is 119 Å². The summed E-state index contributed by atoms with van der Waals surface area (Å²) in [5.41, 5.74) is 0.446. The Hall–Kier alpha value is -0.910. The monoisotopic (exact) mass is 305 g/mol. The van der Waals surface area contributed by atoms with Gasteiger partial charge in [-0.25, -0.2) is 4.39 Å². The zero-order valence-corrected chi connectivity index (χ0v) is 12.0. The van der Waals surface area contributed by atoms with Gasteiger partial charge in [0.05, 0.1) is 15.7 Å². The summed E-state index contributed by atoms with van der Waals surface area (Å²) in [6.45, 7) is 3.93. The largest absolute Gasteiger partial charge is 0.269 e. The van der Waals surface area contributed by atoms with E-state index >= 15 is 0 Å². The molecule has 0 spiro atoms. The third kappa shape index (κ3) is 2.30. The Morgan fingerprint density at radius 2 is 1.89 bits per heavy atom. The molecule has 7 heteroatoms. The third-order valence-corrected chi connectivity index (χ3v) is 3.27. The van der Waals surface area contributed by atoms with Gasteiger partial charge in [0.1, 0.15) is 11.6 Å². The highest BCUT2D eigenvalue weighted by molar-refractivity contribution is 7.71. The summed E-state index contributed by atoms with van der Waals surface area (Å²) in [6.07, 6.45) is 0. The zero-order chi connectivity index (χ0) is 13.4. The van der Waals surface area contributed by atoms with Gasteiger partial charge < -0.3 is 0 Å². The first-order valence-corrected chi connectivity index (χ1v) is 6.40. The first-order valence-electron chi connectivity index (χ1n) is 5.24. The molecule has 0 amide bonds. The molecule has 1 N–H and O–H groups in total. The van der Waals surface area contributed by atoms with Gasteiger partial charge in [0.2, 0.25) is 0 Å². The summed E-state index contributed by atoms with van der Waals surface area (Å²) in [7, 11) is 0. The van der Waals surface area contributed by atoms with Gasteiger partial charge in [-0.3, -0.25) is 9.67 Å². The lowest BCUT2D eigenvalue weighted by atomic mass is 10.2. The van der Waals surface area contributed by atoms with Crippen molar-refractivity contribution >= 4 is 35.4 Å². The third-order valence-electron chi connectivity index (χ3n) is 2.42. The van der Waals surface area contributed by atoms with Crippen LogP contribution < -0.4 is 0 Å². The number of rotatable bonds is 2. The lowest BCUT2D eigenvalue weighted by molar-refractivity contribution is 0.627. The number of hydrogen-bond donors (Lipinski definition) is 1. The van der Waals surface area contributed by atoms with Crippen LogP contribution >= 0.6 is 35.4 Å². The lowest BCUT2D eigenvalue weighted by Gasteiger charge is -2.12. The van der Waals surface area contributed by atoms with E-state index in [-0.39, 0.29) is 16.0 Å². The van der Waals surface area contributed by atoms with E-state index in [2.05, 4.69) is 10.2 Å². The second kappa shape index (κ2) is 4.99. The molecule has 18 heavy (non-hydrogen) atoms. The number of aromatic nitrogens is 3. The molecule has 2 rings (SSSR count). The first kappa shape index (κ1) is 13.5. The molecule has 2 aromatic rings. The summed E-state index contributed by atoms with van der Waals surface area (Å²) in [4.78, 5) is 0. The van der Waals surface area contributed by atoms with Gasteiger partial charge in [0, 0.05) is 5.92 Å². The van der Waals surface area contributed by atoms with Crippen LogP contribution in [-0.4, -0.2) is 14.8 Å². The smallest absolute Gasteiger partial charge is 0.199 e. The van der Waals surface area contributed by atoms with E-state index in [1.165, 1.54) is 12.1 Å². The Morgan fingerprint density at radius 3 is 2.39 bits per heavy atom. The highest BCUT2D eigenvalue weighted by Crippen LogP contribution is 2.32. The predicted molar refractivity (Wildman–Crippen MR) is 72.8 cm³/mol. The molecule has 0 radical (unpaired) electrons. The Morgan fingerprint density at radius 1 is 1.33 bits per heavy atom. The molecule has 1 aromatic heterocycles. The molecule has 0 saturated carbocycles. The second-order valence-electron chi connectivity index (χ2n) is 4.10.